The maximum atomic E-state index is 11.0. The third kappa shape index (κ3) is 11.0. The van der Waals surface area contributed by atoms with Crippen molar-refractivity contribution in [1.82, 2.24) is 0 Å². The fourth-order valence-corrected chi connectivity index (χ4v) is 5.82. The lowest BCUT2D eigenvalue weighted by atomic mass is 9.71. The molecule has 0 spiro atoms. The third-order valence-corrected chi connectivity index (χ3v) is 7.56. The van der Waals surface area contributed by atoms with Crippen molar-refractivity contribution in [3.05, 3.63) is 0 Å². The van der Waals surface area contributed by atoms with E-state index < -0.39 is 18.5 Å². The number of hydrogen-bond donors (Lipinski definition) is 0. The first kappa shape index (κ1) is 29.7. The summed E-state index contributed by atoms with van der Waals surface area (Å²) in [4.78, 5) is 33.0. The molecule has 4 fully saturated rings. The van der Waals surface area contributed by atoms with Gasteiger partial charge in [0.2, 0.25) is 0 Å². The lowest BCUT2D eigenvalue weighted by Gasteiger charge is -2.35. The van der Waals surface area contributed by atoms with Gasteiger partial charge in [-0.15, -0.1) is 0 Å². The number of carbonyl (C=O) groups excluding carboxylic acids is 3. The van der Waals surface area contributed by atoms with Crippen molar-refractivity contribution in [2.75, 3.05) is 59.5 Å². The average molecular weight is 559 g/mol. The van der Waals surface area contributed by atoms with E-state index in [1.807, 2.05) is 0 Å². The summed E-state index contributed by atoms with van der Waals surface area (Å²) in [5.41, 5.74) is 0. The topological polar surface area (TPSA) is 134 Å². The molecule has 1 saturated carbocycles. The summed E-state index contributed by atoms with van der Waals surface area (Å²) >= 11 is 0. The number of carbonyl (C=O) groups is 3. The first-order valence-corrected chi connectivity index (χ1v) is 14.3. The van der Waals surface area contributed by atoms with Gasteiger partial charge in [-0.25, -0.2) is 14.4 Å². The van der Waals surface area contributed by atoms with Gasteiger partial charge in [0.25, 0.3) is 0 Å². The monoisotopic (exact) mass is 558 g/mol. The Balaban J connectivity index is 1.11. The predicted octanol–water partition coefficient (Wildman–Crippen LogP) is 4.02. The fourth-order valence-electron chi connectivity index (χ4n) is 5.82. The van der Waals surface area contributed by atoms with Crippen molar-refractivity contribution in [2.24, 2.45) is 17.8 Å². The van der Waals surface area contributed by atoms with Crippen LogP contribution in [0.5, 0.6) is 0 Å². The van der Waals surface area contributed by atoms with Crippen LogP contribution in [0, 0.1) is 17.8 Å². The molecule has 3 heterocycles. The summed E-state index contributed by atoms with van der Waals surface area (Å²) in [6, 6.07) is 0. The molecule has 0 radical (unpaired) electrons. The minimum Gasteiger partial charge on any atom is -0.430 e. The van der Waals surface area contributed by atoms with Crippen LogP contribution in [0.4, 0.5) is 14.4 Å². The molecule has 0 N–H and O–H groups in total. The molecule has 3 saturated heterocycles. The van der Waals surface area contributed by atoms with Crippen molar-refractivity contribution in [3.8, 4) is 0 Å². The van der Waals surface area contributed by atoms with Gasteiger partial charge in [-0.05, 0) is 75.5 Å². The van der Waals surface area contributed by atoms with Crippen molar-refractivity contribution >= 4 is 18.5 Å². The number of hydrogen-bond acceptors (Lipinski definition) is 12. The number of cyclic esters (lactones) is 6. The largest absolute Gasteiger partial charge is 0.508 e. The normalized spacial score (nSPS) is 30.3. The molecule has 3 unspecified atom stereocenters. The molecular weight excluding hydrogens is 516 g/mol. The van der Waals surface area contributed by atoms with Gasteiger partial charge in [-0.2, -0.15) is 0 Å². The molecule has 3 atom stereocenters. The highest BCUT2D eigenvalue weighted by molar-refractivity contribution is 5.62. The minimum atomic E-state index is -0.620. The van der Waals surface area contributed by atoms with Crippen LogP contribution in [-0.2, 0) is 42.6 Å². The summed E-state index contributed by atoms with van der Waals surface area (Å²) in [6.07, 6.45) is 7.13. The van der Waals surface area contributed by atoms with E-state index in [2.05, 4.69) is 0 Å². The van der Waals surface area contributed by atoms with Gasteiger partial charge < -0.3 is 42.6 Å². The van der Waals surface area contributed by atoms with Crippen molar-refractivity contribution in [1.29, 1.82) is 0 Å². The average Bonchev–Trinajstić information content (AvgIpc) is 3.65. The molecule has 39 heavy (non-hydrogen) atoms. The Labute approximate surface area is 229 Å². The highest BCUT2D eigenvalue weighted by Crippen LogP contribution is 2.40. The van der Waals surface area contributed by atoms with E-state index in [1.54, 1.807) is 0 Å². The molecule has 12 heteroatoms. The maximum Gasteiger partial charge on any atom is 0.508 e. The molecule has 3 aliphatic heterocycles. The van der Waals surface area contributed by atoms with E-state index in [1.165, 1.54) is 19.3 Å². The molecule has 222 valence electrons. The Morgan fingerprint density at radius 1 is 0.513 bits per heavy atom. The SMILES string of the molecule is O=C1OCC(COCCCC2CC(CCCOCC3COC(=O)O3)CC(CCCOCC3COC(=O)O3)C2)O1. The molecule has 4 aliphatic rings. The Bertz CT molecular complexity index is 670. The zero-order chi connectivity index (χ0) is 27.3. The molecule has 0 aromatic rings. The van der Waals surface area contributed by atoms with Crippen LogP contribution >= 0.6 is 0 Å². The first-order chi connectivity index (χ1) is 19.0. The van der Waals surface area contributed by atoms with Gasteiger partial charge in [0.15, 0.2) is 18.3 Å². The molecule has 12 nitrogen and oxygen atoms in total. The van der Waals surface area contributed by atoms with Gasteiger partial charge in [0.1, 0.15) is 19.8 Å². The summed E-state index contributed by atoms with van der Waals surface area (Å²) in [5, 5.41) is 0. The zero-order valence-corrected chi connectivity index (χ0v) is 22.6. The molecule has 0 aromatic carbocycles. The lowest BCUT2D eigenvalue weighted by molar-refractivity contribution is 0.0364. The Hall–Kier alpha value is -2.31. The van der Waals surface area contributed by atoms with E-state index in [9.17, 15) is 14.4 Å². The van der Waals surface area contributed by atoms with Gasteiger partial charge >= 0.3 is 18.5 Å². The molecule has 0 aromatic heterocycles. The summed E-state index contributed by atoms with van der Waals surface area (Å²) in [6.45, 7) is 3.84. The molecule has 0 amide bonds. The van der Waals surface area contributed by atoms with E-state index in [4.69, 9.17) is 42.6 Å². The standard InChI is InChI=1S/C27H42O12/c28-25-34-16-22(37-25)13-31-7-1-4-19-10-20(5-2-8-32-14-23-17-35-26(29)38-23)12-21(11-19)6-3-9-33-15-24-18-36-27(30)39-24/h19-24H,1-18H2. The van der Waals surface area contributed by atoms with Crippen molar-refractivity contribution in [3.63, 3.8) is 0 Å². The summed E-state index contributed by atoms with van der Waals surface area (Å²) < 4.78 is 46.5. The highest BCUT2D eigenvalue weighted by atomic mass is 16.8. The smallest absolute Gasteiger partial charge is 0.430 e. The quantitative estimate of drug-likeness (QED) is 0.137. The number of ether oxygens (including phenoxy) is 9. The van der Waals surface area contributed by atoms with Crippen LogP contribution in [0.15, 0.2) is 0 Å². The third-order valence-electron chi connectivity index (χ3n) is 7.56. The fraction of sp³-hybridized carbons (Fsp3) is 0.889. The van der Waals surface area contributed by atoms with Crippen LogP contribution < -0.4 is 0 Å². The van der Waals surface area contributed by atoms with Gasteiger partial charge in [-0.3, -0.25) is 0 Å². The van der Waals surface area contributed by atoms with Gasteiger partial charge in [-0.1, -0.05) is 0 Å². The Kier molecular flexibility index (Phi) is 12.2. The maximum absolute atomic E-state index is 11.0. The van der Waals surface area contributed by atoms with Crippen LogP contribution in [-0.4, -0.2) is 96.2 Å². The highest BCUT2D eigenvalue weighted by Gasteiger charge is 2.30. The van der Waals surface area contributed by atoms with Gasteiger partial charge in [0, 0.05) is 19.8 Å². The molecular formula is C27H42O12. The summed E-state index contributed by atoms with van der Waals surface area (Å²) in [7, 11) is 0. The van der Waals surface area contributed by atoms with Gasteiger partial charge in [0.05, 0.1) is 19.8 Å². The minimum absolute atomic E-state index is 0.261. The number of rotatable bonds is 18. The van der Waals surface area contributed by atoms with E-state index in [-0.39, 0.29) is 38.1 Å². The van der Waals surface area contributed by atoms with E-state index in [0.717, 1.165) is 38.5 Å². The Morgan fingerprint density at radius 3 is 1.08 bits per heavy atom. The molecule has 0 bridgehead atoms. The lowest BCUT2D eigenvalue weighted by Crippen LogP contribution is -2.25. The summed E-state index contributed by atoms with van der Waals surface area (Å²) in [5.74, 6) is 1.95. The van der Waals surface area contributed by atoms with E-state index in [0.29, 0.717) is 57.4 Å². The molecule has 4 rings (SSSR count). The second kappa shape index (κ2) is 16.1. The van der Waals surface area contributed by atoms with Crippen LogP contribution in [0.25, 0.3) is 0 Å². The van der Waals surface area contributed by atoms with Crippen molar-refractivity contribution < 1.29 is 57.0 Å². The Morgan fingerprint density at radius 2 is 0.821 bits per heavy atom. The van der Waals surface area contributed by atoms with E-state index >= 15 is 0 Å². The zero-order valence-electron chi connectivity index (χ0n) is 22.6. The van der Waals surface area contributed by atoms with Crippen LogP contribution in [0.3, 0.4) is 0 Å². The molecule has 1 aliphatic carbocycles. The predicted molar refractivity (Wildman–Crippen MR) is 133 cm³/mol. The second-order valence-corrected chi connectivity index (χ2v) is 10.9. The van der Waals surface area contributed by atoms with Crippen molar-refractivity contribution in [2.45, 2.75) is 76.1 Å². The van der Waals surface area contributed by atoms with Crippen LogP contribution in [0.2, 0.25) is 0 Å². The first-order valence-electron chi connectivity index (χ1n) is 14.3. The van der Waals surface area contributed by atoms with Crippen LogP contribution in [0.1, 0.15) is 57.8 Å². The second-order valence-electron chi connectivity index (χ2n) is 10.9.